The molecule has 2 aromatic rings. The zero-order valence-electron chi connectivity index (χ0n) is 18.1. The number of hydrogen-bond donors (Lipinski definition) is 1. The molecule has 7 nitrogen and oxygen atoms in total. The number of amides is 1. The van der Waals surface area contributed by atoms with Crippen molar-refractivity contribution in [1.29, 1.82) is 0 Å². The molecule has 1 saturated heterocycles. The Morgan fingerprint density at radius 3 is 2.35 bits per heavy atom. The van der Waals surface area contributed by atoms with E-state index in [0.717, 1.165) is 48.3 Å². The summed E-state index contributed by atoms with van der Waals surface area (Å²) in [6.45, 7) is 7.33. The molecule has 31 heavy (non-hydrogen) atoms. The molecule has 0 unspecified atom stereocenters. The van der Waals surface area contributed by atoms with Crippen molar-refractivity contribution in [2.45, 2.75) is 18.7 Å². The molecule has 1 heterocycles. The number of likely N-dealkylation sites (N-methyl/N-ethyl adjacent to an activating group) is 1. The molecule has 0 bridgehead atoms. The van der Waals surface area contributed by atoms with Crippen LogP contribution in [0.15, 0.2) is 47.4 Å². The number of para-hydroxylation sites is 2. The summed E-state index contributed by atoms with van der Waals surface area (Å²) in [5, 5.41) is 2.87. The second kappa shape index (κ2) is 9.76. The summed E-state index contributed by atoms with van der Waals surface area (Å²) in [4.78, 5) is 16.9. The van der Waals surface area contributed by atoms with Crippen LogP contribution in [-0.4, -0.2) is 69.8 Å². The van der Waals surface area contributed by atoms with Gasteiger partial charge in [0.2, 0.25) is 10.0 Å². The lowest BCUT2D eigenvalue weighted by Crippen LogP contribution is -2.44. The Kier molecular flexibility index (Phi) is 7.30. The highest BCUT2D eigenvalue weighted by Crippen LogP contribution is 2.28. The van der Waals surface area contributed by atoms with Crippen LogP contribution in [0.1, 0.15) is 24.2 Å². The largest absolute Gasteiger partial charge is 0.367 e. The smallest absolute Gasteiger partial charge is 0.255 e. The lowest BCUT2D eigenvalue weighted by atomic mass is 10.1. The molecule has 9 heteroatoms. The van der Waals surface area contributed by atoms with E-state index in [1.807, 2.05) is 24.3 Å². The Hall–Kier alpha value is -2.49. The summed E-state index contributed by atoms with van der Waals surface area (Å²) in [5.74, 6) is -1.36. The monoisotopic (exact) mass is 448 g/mol. The molecule has 0 atom stereocenters. The van der Waals surface area contributed by atoms with Crippen molar-refractivity contribution in [3.05, 3.63) is 53.8 Å². The number of anilines is 2. The Balaban J connectivity index is 1.87. The van der Waals surface area contributed by atoms with Gasteiger partial charge in [-0.2, -0.15) is 4.31 Å². The topological polar surface area (TPSA) is 73.0 Å². The number of sulfonamides is 1. The van der Waals surface area contributed by atoms with E-state index in [1.165, 1.54) is 6.07 Å². The Morgan fingerprint density at radius 1 is 1.06 bits per heavy atom. The molecule has 0 radical (unpaired) electrons. The number of hydrogen-bond acceptors (Lipinski definition) is 5. The van der Waals surface area contributed by atoms with E-state index < -0.39 is 26.6 Å². The van der Waals surface area contributed by atoms with Crippen LogP contribution in [0.2, 0.25) is 0 Å². The fourth-order valence-corrected chi connectivity index (χ4v) is 5.19. The molecule has 0 aliphatic carbocycles. The molecule has 0 aromatic heterocycles. The van der Waals surface area contributed by atoms with E-state index in [-0.39, 0.29) is 18.7 Å². The summed E-state index contributed by atoms with van der Waals surface area (Å²) in [6.07, 6.45) is 0. The van der Waals surface area contributed by atoms with Crippen molar-refractivity contribution in [3.63, 3.8) is 0 Å². The third-order valence-corrected chi connectivity index (χ3v) is 7.58. The Labute approximate surface area is 183 Å². The van der Waals surface area contributed by atoms with Gasteiger partial charge in [0.25, 0.3) is 5.91 Å². The molecular formula is C22H29FN4O3S. The van der Waals surface area contributed by atoms with Crippen LogP contribution in [0.5, 0.6) is 0 Å². The van der Waals surface area contributed by atoms with Crippen LogP contribution in [0.3, 0.4) is 0 Å². The highest BCUT2D eigenvalue weighted by molar-refractivity contribution is 7.89. The lowest BCUT2D eigenvalue weighted by molar-refractivity contribution is 0.102. The van der Waals surface area contributed by atoms with Crippen molar-refractivity contribution in [2.75, 3.05) is 56.5 Å². The average molecular weight is 449 g/mol. The summed E-state index contributed by atoms with van der Waals surface area (Å²) < 4.78 is 41.1. The fourth-order valence-electron chi connectivity index (χ4n) is 3.64. The highest BCUT2D eigenvalue weighted by Gasteiger charge is 2.27. The SMILES string of the molecule is CCN(CC)S(=O)(=O)c1cc(C(=O)Nc2ccccc2N2CCN(C)CC2)ccc1F. The number of piperazine rings is 1. The zero-order valence-corrected chi connectivity index (χ0v) is 19.0. The maximum Gasteiger partial charge on any atom is 0.255 e. The summed E-state index contributed by atoms with van der Waals surface area (Å²) in [7, 11) is -1.95. The van der Waals surface area contributed by atoms with Gasteiger partial charge >= 0.3 is 0 Å². The normalized spacial score (nSPS) is 15.3. The average Bonchev–Trinajstić information content (AvgIpc) is 2.75. The first-order valence-electron chi connectivity index (χ1n) is 10.4. The molecule has 1 aliphatic heterocycles. The van der Waals surface area contributed by atoms with Crippen LogP contribution in [0, 0.1) is 5.82 Å². The molecule has 1 aliphatic rings. The summed E-state index contributed by atoms with van der Waals surface area (Å²) in [5.41, 5.74) is 1.62. The van der Waals surface area contributed by atoms with Gasteiger partial charge in [-0.25, -0.2) is 12.8 Å². The van der Waals surface area contributed by atoms with E-state index in [0.29, 0.717) is 5.69 Å². The van der Waals surface area contributed by atoms with Crippen LogP contribution in [0.4, 0.5) is 15.8 Å². The Bertz CT molecular complexity index is 1030. The molecule has 1 fully saturated rings. The van der Waals surface area contributed by atoms with Gasteiger partial charge in [-0.15, -0.1) is 0 Å². The maximum atomic E-state index is 14.4. The van der Waals surface area contributed by atoms with Gasteiger partial charge in [-0.05, 0) is 37.4 Å². The minimum atomic E-state index is -4.03. The van der Waals surface area contributed by atoms with Crippen LogP contribution < -0.4 is 10.2 Å². The van der Waals surface area contributed by atoms with Crippen molar-refractivity contribution in [2.24, 2.45) is 0 Å². The Morgan fingerprint density at radius 2 is 1.71 bits per heavy atom. The lowest BCUT2D eigenvalue weighted by Gasteiger charge is -2.35. The third-order valence-electron chi connectivity index (χ3n) is 5.51. The molecule has 0 spiro atoms. The van der Waals surface area contributed by atoms with Crippen LogP contribution >= 0.6 is 0 Å². The number of nitrogens with one attached hydrogen (secondary N) is 1. The predicted octanol–water partition coefficient (Wildman–Crippen LogP) is 2.86. The van der Waals surface area contributed by atoms with Crippen LogP contribution in [0.25, 0.3) is 0 Å². The van der Waals surface area contributed by atoms with Crippen LogP contribution in [-0.2, 0) is 10.0 Å². The van der Waals surface area contributed by atoms with Gasteiger partial charge in [0.1, 0.15) is 10.7 Å². The third kappa shape index (κ3) is 5.06. The van der Waals surface area contributed by atoms with Gasteiger partial charge < -0.3 is 15.1 Å². The highest BCUT2D eigenvalue weighted by atomic mass is 32.2. The molecule has 3 rings (SSSR count). The summed E-state index contributed by atoms with van der Waals surface area (Å²) in [6, 6.07) is 10.9. The number of carbonyl (C=O) groups is 1. The minimum Gasteiger partial charge on any atom is -0.367 e. The number of benzene rings is 2. The molecule has 1 N–H and O–H groups in total. The van der Waals surface area contributed by atoms with Gasteiger partial charge in [-0.3, -0.25) is 4.79 Å². The van der Waals surface area contributed by atoms with E-state index in [2.05, 4.69) is 22.2 Å². The zero-order chi connectivity index (χ0) is 22.6. The van der Waals surface area contributed by atoms with E-state index in [4.69, 9.17) is 0 Å². The fraction of sp³-hybridized carbons (Fsp3) is 0.409. The first-order valence-corrected chi connectivity index (χ1v) is 11.9. The first kappa shape index (κ1) is 23.2. The molecule has 1 amide bonds. The second-order valence-corrected chi connectivity index (χ2v) is 9.40. The van der Waals surface area contributed by atoms with Gasteiger partial charge in [0.15, 0.2) is 0 Å². The number of carbonyl (C=O) groups excluding carboxylic acids is 1. The number of halogens is 1. The predicted molar refractivity (Wildman–Crippen MR) is 121 cm³/mol. The minimum absolute atomic E-state index is 0.0836. The molecule has 0 saturated carbocycles. The summed E-state index contributed by atoms with van der Waals surface area (Å²) >= 11 is 0. The van der Waals surface area contributed by atoms with Crippen molar-refractivity contribution in [3.8, 4) is 0 Å². The van der Waals surface area contributed by atoms with E-state index in [1.54, 1.807) is 13.8 Å². The van der Waals surface area contributed by atoms with Crippen molar-refractivity contribution >= 4 is 27.3 Å². The molecule has 168 valence electrons. The van der Waals surface area contributed by atoms with Gasteiger partial charge in [0, 0.05) is 44.8 Å². The maximum absolute atomic E-state index is 14.4. The second-order valence-electron chi connectivity index (χ2n) is 7.50. The van der Waals surface area contributed by atoms with Crippen molar-refractivity contribution in [1.82, 2.24) is 9.21 Å². The van der Waals surface area contributed by atoms with Gasteiger partial charge in [0.05, 0.1) is 11.4 Å². The van der Waals surface area contributed by atoms with E-state index in [9.17, 15) is 17.6 Å². The van der Waals surface area contributed by atoms with Crippen molar-refractivity contribution < 1.29 is 17.6 Å². The number of nitrogens with zero attached hydrogens (tertiary/aromatic N) is 3. The van der Waals surface area contributed by atoms with Gasteiger partial charge in [-0.1, -0.05) is 26.0 Å². The first-order chi connectivity index (χ1) is 14.8. The molecule has 2 aromatic carbocycles. The quantitative estimate of drug-likeness (QED) is 0.705. The molecular weight excluding hydrogens is 419 g/mol. The standard InChI is InChI=1S/C22H29FN4O3S/c1-4-27(5-2)31(29,30)21-16-17(10-11-18(21)23)22(28)24-19-8-6-7-9-20(19)26-14-12-25(3)13-15-26/h6-11,16H,4-5,12-15H2,1-3H3,(H,24,28). The number of rotatable bonds is 7. The van der Waals surface area contributed by atoms with E-state index >= 15 is 0 Å².